The number of carbonyl (C=O) groups excluding carboxylic acids is 1. The number of para-hydroxylation sites is 1. The van der Waals surface area contributed by atoms with E-state index in [1.54, 1.807) is 43.1 Å². The van der Waals surface area contributed by atoms with Crippen LogP contribution in [-0.4, -0.2) is 99.6 Å². The molecule has 0 aliphatic carbocycles. The van der Waals surface area contributed by atoms with Crippen molar-refractivity contribution in [3.8, 4) is 23.6 Å². The third-order valence-corrected chi connectivity index (χ3v) is 6.60. The van der Waals surface area contributed by atoms with Crippen LogP contribution in [0, 0.1) is 11.8 Å². The van der Waals surface area contributed by atoms with Gasteiger partial charge in [0.1, 0.15) is 5.75 Å². The van der Waals surface area contributed by atoms with Crippen LogP contribution >= 0.6 is 0 Å². The number of anilines is 1. The summed E-state index contributed by atoms with van der Waals surface area (Å²) in [5, 5.41) is 10.5. The lowest BCUT2D eigenvalue weighted by molar-refractivity contribution is -0.192. The molecule has 2 fully saturated rings. The van der Waals surface area contributed by atoms with Crippen LogP contribution < -0.4 is 20.5 Å². The molecule has 2 saturated heterocycles. The topological polar surface area (TPSA) is 144 Å². The smallest absolute Gasteiger partial charge is 0.475 e. The Morgan fingerprint density at radius 2 is 1.77 bits per heavy atom. The molecule has 3 aromatic rings. The fourth-order valence-corrected chi connectivity index (χ4v) is 4.40. The number of hydrogen-bond donors (Lipinski definition) is 2. The number of carboxylic acids is 1. The van der Waals surface area contributed by atoms with Crippen LogP contribution in [0.15, 0.2) is 29.1 Å². The Bertz CT molecular complexity index is 1600. The van der Waals surface area contributed by atoms with E-state index in [-0.39, 0.29) is 23.1 Å². The van der Waals surface area contributed by atoms with Gasteiger partial charge in [-0.3, -0.25) is 18.7 Å². The van der Waals surface area contributed by atoms with Gasteiger partial charge in [0, 0.05) is 46.3 Å². The Morgan fingerprint density at radius 3 is 2.40 bits per heavy atom. The van der Waals surface area contributed by atoms with Crippen molar-refractivity contribution in [1.82, 2.24) is 29.3 Å². The van der Waals surface area contributed by atoms with Gasteiger partial charge in [0.2, 0.25) is 5.95 Å². The maximum absolute atomic E-state index is 13.5. The number of piperazine rings is 1. The number of fused-ring (bicyclic) bond motifs is 1. The van der Waals surface area contributed by atoms with Crippen LogP contribution in [0.25, 0.3) is 11.2 Å². The van der Waals surface area contributed by atoms with Gasteiger partial charge in [0.05, 0.1) is 25.3 Å². The number of halogens is 3. The number of carbonyl (C=O) groups is 2. The van der Waals surface area contributed by atoms with Crippen LogP contribution in [0.2, 0.25) is 0 Å². The number of benzene rings is 1. The third-order valence-electron chi connectivity index (χ3n) is 6.60. The summed E-state index contributed by atoms with van der Waals surface area (Å²) < 4.78 is 46.4. The second-order valence-electron chi connectivity index (χ2n) is 9.40. The van der Waals surface area contributed by atoms with E-state index in [4.69, 9.17) is 24.4 Å². The molecule has 4 heterocycles. The highest BCUT2D eigenvalue weighted by molar-refractivity contribution is 5.97. The molecule has 2 aliphatic heterocycles. The minimum absolute atomic E-state index is 0.0628. The van der Waals surface area contributed by atoms with Gasteiger partial charge in [-0.05, 0) is 19.1 Å². The summed E-state index contributed by atoms with van der Waals surface area (Å²) in [6, 6.07) is 7.04. The summed E-state index contributed by atoms with van der Waals surface area (Å²) in [6.45, 7) is 7.33. The van der Waals surface area contributed by atoms with Crippen molar-refractivity contribution in [2.24, 2.45) is 7.05 Å². The summed E-state index contributed by atoms with van der Waals surface area (Å²) in [4.78, 5) is 48.7. The van der Waals surface area contributed by atoms with Crippen LogP contribution in [0.3, 0.4) is 0 Å². The predicted octanol–water partition coefficient (Wildman–Crippen LogP) is 1.46. The molecule has 16 heteroatoms. The van der Waals surface area contributed by atoms with Crippen molar-refractivity contribution in [2.75, 3.05) is 57.4 Å². The average molecular weight is 606 g/mol. The Morgan fingerprint density at radius 1 is 1.12 bits per heavy atom. The van der Waals surface area contributed by atoms with E-state index in [0.717, 1.165) is 26.2 Å². The number of rotatable bonds is 5. The van der Waals surface area contributed by atoms with Crippen LogP contribution in [-0.2, 0) is 23.1 Å². The normalized spacial score (nSPS) is 15.3. The minimum atomic E-state index is -5.08. The van der Waals surface area contributed by atoms with Gasteiger partial charge in [0.15, 0.2) is 11.2 Å². The largest absolute Gasteiger partial charge is 0.490 e. The molecule has 0 atom stereocenters. The molecule has 13 nitrogen and oxygen atoms in total. The van der Waals surface area contributed by atoms with Gasteiger partial charge in [-0.25, -0.2) is 4.79 Å². The van der Waals surface area contributed by atoms with Crippen LogP contribution in [0.4, 0.5) is 19.1 Å². The maximum Gasteiger partial charge on any atom is 0.490 e. The molecule has 0 bridgehead atoms. The lowest BCUT2D eigenvalue weighted by Gasteiger charge is -2.28. The fraction of sp³-hybridized carbons (Fsp3) is 0.444. The summed E-state index contributed by atoms with van der Waals surface area (Å²) >= 11 is 0. The van der Waals surface area contributed by atoms with Crippen LogP contribution in [0.1, 0.15) is 17.3 Å². The summed E-state index contributed by atoms with van der Waals surface area (Å²) in [7, 11) is 1.60. The number of aromatic nitrogens is 4. The number of ether oxygens (including phenoxy) is 2. The lowest BCUT2D eigenvalue weighted by Crippen LogP contribution is -2.44. The van der Waals surface area contributed by atoms with Crippen LogP contribution in [0.5, 0.6) is 11.8 Å². The molecule has 2 aromatic heterocycles. The number of carboxylic acid groups (broad SMARTS) is 1. The van der Waals surface area contributed by atoms with E-state index in [1.807, 2.05) is 4.57 Å². The highest BCUT2D eigenvalue weighted by Gasteiger charge is 2.38. The second kappa shape index (κ2) is 13.6. The molecule has 0 radical (unpaired) electrons. The molecule has 1 aromatic carbocycles. The summed E-state index contributed by atoms with van der Waals surface area (Å²) in [5.74, 6) is 4.03. The molecular formula is C27H30F3N7O6. The van der Waals surface area contributed by atoms with Crippen molar-refractivity contribution in [3.05, 3.63) is 40.2 Å². The first-order valence-corrected chi connectivity index (χ1v) is 13.3. The van der Waals surface area contributed by atoms with Gasteiger partial charge in [-0.2, -0.15) is 23.1 Å². The number of amides is 1. The second-order valence-corrected chi connectivity index (χ2v) is 9.40. The highest BCUT2D eigenvalue weighted by Crippen LogP contribution is 2.27. The molecule has 2 aliphatic rings. The minimum Gasteiger partial charge on any atom is -0.475 e. The Balaban J connectivity index is 0.000000541. The van der Waals surface area contributed by atoms with Crippen molar-refractivity contribution >= 4 is 29.0 Å². The molecule has 0 unspecified atom stereocenters. The standard InChI is InChI=1S/C25H29N7O4.C2HF3O2/c1-3-4-11-32-20-21(27-24(32)31-12-9-26-10-13-31)28-25(29(2)23(20)34)36-19-8-6-5-7-18(19)22(33)30-14-16-35-17-15-30;3-2(4,5)1(6)7/h5-8,26H,9-17H2,1-2H3;(H,6,7). The maximum atomic E-state index is 13.5. The first-order chi connectivity index (χ1) is 20.5. The summed E-state index contributed by atoms with van der Waals surface area (Å²) in [6.07, 6.45) is -5.08. The highest BCUT2D eigenvalue weighted by atomic mass is 19.4. The molecule has 5 rings (SSSR count). The average Bonchev–Trinajstić information content (AvgIpc) is 3.37. The molecule has 0 spiro atoms. The molecule has 0 saturated carbocycles. The van der Waals surface area contributed by atoms with E-state index >= 15 is 0 Å². The number of hydrogen-bond acceptors (Lipinski definition) is 9. The van der Waals surface area contributed by atoms with Crippen molar-refractivity contribution in [2.45, 2.75) is 19.6 Å². The van der Waals surface area contributed by atoms with Crippen molar-refractivity contribution in [1.29, 1.82) is 0 Å². The van der Waals surface area contributed by atoms with Gasteiger partial charge < -0.3 is 29.7 Å². The van der Waals surface area contributed by atoms with Gasteiger partial charge in [0.25, 0.3) is 11.5 Å². The number of aliphatic carboxylic acids is 1. The zero-order valence-corrected chi connectivity index (χ0v) is 23.5. The van der Waals surface area contributed by atoms with E-state index in [1.165, 1.54) is 4.57 Å². The van der Waals surface area contributed by atoms with E-state index in [0.29, 0.717) is 55.6 Å². The molecule has 2 N–H and O–H groups in total. The number of imidazole rings is 1. The Hall–Kier alpha value is -4.62. The predicted molar refractivity (Wildman–Crippen MR) is 148 cm³/mol. The van der Waals surface area contributed by atoms with Gasteiger partial charge >= 0.3 is 18.2 Å². The fourth-order valence-electron chi connectivity index (χ4n) is 4.40. The van der Waals surface area contributed by atoms with E-state index < -0.39 is 12.1 Å². The van der Waals surface area contributed by atoms with Crippen molar-refractivity contribution < 1.29 is 37.3 Å². The zero-order valence-electron chi connectivity index (χ0n) is 23.5. The Kier molecular flexibility index (Phi) is 9.88. The first-order valence-electron chi connectivity index (χ1n) is 13.3. The number of morpholine rings is 1. The Labute approximate surface area is 243 Å². The molecular weight excluding hydrogens is 575 g/mol. The number of nitrogens with one attached hydrogen (secondary N) is 1. The molecule has 43 heavy (non-hydrogen) atoms. The van der Waals surface area contributed by atoms with Crippen molar-refractivity contribution in [3.63, 3.8) is 0 Å². The third kappa shape index (κ3) is 7.24. The van der Waals surface area contributed by atoms with E-state index in [2.05, 4.69) is 27.0 Å². The lowest BCUT2D eigenvalue weighted by atomic mass is 10.1. The molecule has 230 valence electrons. The van der Waals surface area contributed by atoms with Gasteiger partial charge in [-0.15, -0.1) is 5.92 Å². The first kappa shape index (κ1) is 31.3. The zero-order chi connectivity index (χ0) is 31.1. The quantitative estimate of drug-likeness (QED) is 0.410. The monoisotopic (exact) mass is 605 g/mol. The summed E-state index contributed by atoms with van der Waals surface area (Å²) in [5.41, 5.74) is 0.771. The van der Waals surface area contributed by atoms with Gasteiger partial charge in [-0.1, -0.05) is 18.1 Å². The van der Waals surface area contributed by atoms with E-state index in [9.17, 15) is 22.8 Å². The number of nitrogens with zero attached hydrogens (tertiary/aromatic N) is 6. The SMILES string of the molecule is CC#CCn1c(N2CCNCC2)nc2nc(Oc3ccccc3C(=O)N3CCOCC3)n(C)c(=O)c21.O=C(O)C(F)(F)F. The number of alkyl halides is 3. The molecule has 1 amide bonds.